The van der Waals surface area contributed by atoms with E-state index in [0.29, 0.717) is 16.9 Å². The second-order valence-electron chi connectivity index (χ2n) is 7.75. The molecule has 2 N–H and O–H groups in total. The summed E-state index contributed by atoms with van der Waals surface area (Å²) in [4.78, 5) is 4.74. The number of para-hydroxylation sites is 1. The maximum absolute atomic E-state index is 6.32. The monoisotopic (exact) mass is 450 g/mol. The zero-order valence-electron chi connectivity index (χ0n) is 19.6. The Morgan fingerprint density at radius 1 is 1.28 bits per heavy atom. The zero-order chi connectivity index (χ0) is 23.7. The topological polar surface area (TPSA) is 56.2 Å². The van der Waals surface area contributed by atoms with Crippen LogP contribution >= 0.6 is 11.6 Å². The lowest BCUT2D eigenvalue weighted by molar-refractivity contribution is 0.631. The quantitative estimate of drug-likeness (QED) is 0.488. The van der Waals surface area contributed by atoms with Gasteiger partial charge in [-0.05, 0) is 61.1 Å². The van der Waals surface area contributed by atoms with Crippen LogP contribution < -0.4 is 5.73 Å². The summed E-state index contributed by atoms with van der Waals surface area (Å²) in [5.74, 6) is 1.30. The molecule has 0 saturated heterocycles. The average Bonchev–Trinajstić information content (AvgIpc) is 3.54. The van der Waals surface area contributed by atoms with Crippen LogP contribution in [0.25, 0.3) is 5.69 Å². The van der Waals surface area contributed by atoms with E-state index in [0.717, 1.165) is 17.0 Å². The van der Waals surface area contributed by atoms with Crippen LogP contribution in [-0.2, 0) is 0 Å². The Balaban J connectivity index is 0.000000671. The maximum Gasteiger partial charge on any atom is 0.0831 e. The van der Waals surface area contributed by atoms with Crippen molar-refractivity contribution in [3.8, 4) is 5.69 Å². The van der Waals surface area contributed by atoms with Crippen molar-refractivity contribution in [3.05, 3.63) is 96.1 Å². The Kier molecular flexibility index (Phi) is 9.73. The van der Waals surface area contributed by atoms with Gasteiger partial charge < -0.3 is 5.73 Å². The number of rotatable bonds is 5. The molecule has 0 radical (unpaired) electrons. The Hall–Kier alpha value is -2.85. The van der Waals surface area contributed by atoms with Gasteiger partial charge in [-0.2, -0.15) is 5.10 Å². The predicted octanol–water partition coefficient (Wildman–Crippen LogP) is 7.24. The van der Waals surface area contributed by atoms with Crippen LogP contribution in [0.2, 0.25) is 5.02 Å². The van der Waals surface area contributed by atoms with Crippen molar-refractivity contribution in [2.75, 3.05) is 0 Å². The highest BCUT2D eigenvalue weighted by molar-refractivity contribution is 6.32. The Labute approximate surface area is 197 Å². The van der Waals surface area contributed by atoms with Crippen LogP contribution in [0.4, 0.5) is 0 Å². The summed E-state index contributed by atoms with van der Waals surface area (Å²) in [6.07, 6.45) is 14.4. The highest BCUT2D eigenvalue weighted by atomic mass is 35.5. The van der Waals surface area contributed by atoms with E-state index in [4.69, 9.17) is 16.6 Å². The Bertz CT molecular complexity index is 1010. The second-order valence-corrected chi connectivity index (χ2v) is 8.15. The molecule has 5 heteroatoms. The molecule has 4 rings (SSSR count). The first-order chi connectivity index (χ1) is 15.4. The van der Waals surface area contributed by atoms with E-state index in [1.54, 1.807) is 0 Å². The van der Waals surface area contributed by atoms with Crippen molar-refractivity contribution in [1.82, 2.24) is 9.78 Å². The molecule has 1 fully saturated rings. The fraction of sp³-hybridized carbons (Fsp3) is 0.333. The standard InChI is InChI=1S/C23H24ClN3.C2H5N.C2H6/c1-15-8-9-19(17(3)26-16(2)18-10-11-18)12-21(15)20-13-25-27(14-20)23-7-5-4-6-22(23)24;1-2-3;1-2/h4-9,12-15,18,21H,3,10-11H2,1-2H3;2H,1,3H2;1-2H3. The number of nitrogens with two attached hydrogens (primary N) is 1. The van der Waals surface area contributed by atoms with Crippen LogP contribution in [0, 0.1) is 11.8 Å². The predicted molar refractivity (Wildman–Crippen MR) is 138 cm³/mol. The molecule has 170 valence electrons. The number of halogens is 1. The third-order valence-corrected chi connectivity index (χ3v) is 5.72. The summed E-state index contributed by atoms with van der Waals surface area (Å²) >= 11 is 6.32. The lowest BCUT2D eigenvalue weighted by Crippen LogP contribution is -2.09. The third kappa shape index (κ3) is 6.57. The summed E-state index contributed by atoms with van der Waals surface area (Å²) < 4.78 is 1.85. The van der Waals surface area contributed by atoms with E-state index in [1.165, 1.54) is 30.3 Å². The molecule has 4 nitrogen and oxygen atoms in total. The van der Waals surface area contributed by atoms with E-state index in [9.17, 15) is 0 Å². The van der Waals surface area contributed by atoms with Gasteiger partial charge >= 0.3 is 0 Å². The van der Waals surface area contributed by atoms with E-state index in [-0.39, 0.29) is 5.92 Å². The normalized spacial score (nSPS) is 19.7. The van der Waals surface area contributed by atoms with E-state index < -0.39 is 0 Å². The molecule has 1 aromatic carbocycles. The molecule has 2 aliphatic carbocycles. The van der Waals surface area contributed by atoms with E-state index in [1.807, 2.05) is 49.0 Å². The lowest BCUT2D eigenvalue weighted by atomic mass is 9.83. The molecule has 0 amide bonds. The smallest absolute Gasteiger partial charge is 0.0831 e. The van der Waals surface area contributed by atoms with Crippen LogP contribution in [0.3, 0.4) is 0 Å². The van der Waals surface area contributed by atoms with Gasteiger partial charge in [0.1, 0.15) is 0 Å². The minimum atomic E-state index is 0.245. The van der Waals surface area contributed by atoms with Gasteiger partial charge in [-0.3, -0.25) is 4.99 Å². The molecule has 0 aliphatic heterocycles. The summed E-state index contributed by atoms with van der Waals surface area (Å²) in [6, 6.07) is 7.75. The summed E-state index contributed by atoms with van der Waals surface area (Å²) in [7, 11) is 0. The fourth-order valence-electron chi connectivity index (χ4n) is 3.52. The van der Waals surface area contributed by atoms with Gasteiger partial charge in [0.05, 0.1) is 22.6 Å². The lowest BCUT2D eigenvalue weighted by Gasteiger charge is -2.22. The molecule has 32 heavy (non-hydrogen) atoms. The van der Waals surface area contributed by atoms with Gasteiger partial charge in [0.15, 0.2) is 0 Å². The third-order valence-electron chi connectivity index (χ3n) is 5.40. The molecule has 2 atom stereocenters. The number of aromatic nitrogens is 2. The summed E-state index contributed by atoms with van der Waals surface area (Å²) in [5.41, 5.74) is 9.83. The molecular formula is C27H35ClN4. The Morgan fingerprint density at radius 3 is 2.56 bits per heavy atom. The number of nitrogens with zero attached hydrogens (tertiary/aromatic N) is 3. The summed E-state index contributed by atoms with van der Waals surface area (Å²) in [6.45, 7) is 15.7. The van der Waals surface area contributed by atoms with Gasteiger partial charge in [0.2, 0.25) is 0 Å². The number of aliphatic imine (C=N–C) groups is 1. The highest BCUT2D eigenvalue weighted by Crippen LogP contribution is 2.36. The molecule has 2 aromatic rings. The van der Waals surface area contributed by atoms with E-state index >= 15 is 0 Å². The van der Waals surface area contributed by atoms with Crippen LogP contribution in [0.5, 0.6) is 0 Å². The Morgan fingerprint density at radius 2 is 1.94 bits per heavy atom. The molecule has 2 unspecified atom stereocenters. The largest absolute Gasteiger partial charge is 0.405 e. The summed E-state index contributed by atoms with van der Waals surface area (Å²) in [5, 5.41) is 5.23. The number of hydrogen-bond donors (Lipinski definition) is 1. The maximum atomic E-state index is 6.32. The van der Waals surface area contributed by atoms with Crippen LogP contribution in [-0.4, -0.2) is 15.5 Å². The number of hydrogen-bond acceptors (Lipinski definition) is 3. The van der Waals surface area contributed by atoms with Gasteiger partial charge in [-0.25, -0.2) is 4.68 Å². The van der Waals surface area contributed by atoms with Gasteiger partial charge in [0.25, 0.3) is 0 Å². The van der Waals surface area contributed by atoms with Gasteiger partial charge in [-0.15, -0.1) is 0 Å². The number of allylic oxidation sites excluding steroid dienone is 3. The molecule has 1 saturated carbocycles. The highest BCUT2D eigenvalue weighted by Gasteiger charge is 2.25. The van der Waals surface area contributed by atoms with E-state index in [2.05, 4.69) is 62.3 Å². The van der Waals surface area contributed by atoms with Crippen LogP contribution in [0.15, 0.2) is 90.5 Å². The molecule has 2 aliphatic rings. The average molecular weight is 451 g/mol. The first-order valence-electron chi connectivity index (χ1n) is 11.2. The van der Waals surface area contributed by atoms with Crippen molar-refractivity contribution in [1.29, 1.82) is 0 Å². The zero-order valence-corrected chi connectivity index (χ0v) is 20.4. The first kappa shape index (κ1) is 25.4. The molecule has 1 aromatic heterocycles. The molecule has 1 heterocycles. The van der Waals surface area contributed by atoms with Crippen molar-refractivity contribution in [3.63, 3.8) is 0 Å². The van der Waals surface area contributed by atoms with Crippen molar-refractivity contribution in [2.24, 2.45) is 22.6 Å². The fourth-order valence-corrected chi connectivity index (χ4v) is 3.74. The van der Waals surface area contributed by atoms with Gasteiger partial charge in [0, 0.05) is 17.8 Å². The second kappa shape index (κ2) is 12.3. The molecule has 0 spiro atoms. The van der Waals surface area contributed by atoms with Crippen molar-refractivity contribution < 1.29 is 0 Å². The minimum absolute atomic E-state index is 0.245. The molecular weight excluding hydrogens is 416 g/mol. The van der Waals surface area contributed by atoms with Gasteiger partial charge in [-0.1, -0.05) is 75.9 Å². The minimum Gasteiger partial charge on any atom is -0.405 e. The SMILES string of the molecule is C=C(N=C(C)C1CC1)C1=CC(c2cnn(-c3ccccc3Cl)c2)C(C)C=C1.C=CN.CC. The van der Waals surface area contributed by atoms with Crippen LogP contribution in [0.1, 0.15) is 52.0 Å². The first-order valence-corrected chi connectivity index (χ1v) is 11.6. The van der Waals surface area contributed by atoms with Crippen molar-refractivity contribution >= 4 is 17.3 Å². The number of benzene rings is 1. The van der Waals surface area contributed by atoms with Crippen molar-refractivity contribution in [2.45, 2.75) is 46.5 Å². The molecule has 0 bridgehead atoms.